The zero-order valence-corrected chi connectivity index (χ0v) is 8.00. The minimum Gasteiger partial charge on any atom is -0.491 e. The minimum atomic E-state index is -3.46. The molecule has 0 aliphatic rings. The number of aromatic nitrogens is 1. The van der Waals surface area contributed by atoms with Gasteiger partial charge in [0.25, 0.3) is 10.1 Å². The summed E-state index contributed by atoms with van der Waals surface area (Å²) in [6.07, 6.45) is 2.22. The molecular formula is C6H9NO5S. The lowest BCUT2D eigenvalue weighted by atomic mass is 10.4. The van der Waals surface area contributed by atoms with Crippen LogP contribution in [-0.2, 0) is 20.9 Å². The molecule has 0 unspecified atom stereocenters. The van der Waals surface area contributed by atoms with Crippen molar-refractivity contribution < 1.29 is 21.9 Å². The van der Waals surface area contributed by atoms with Crippen molar-refractivity contribution in [2.24, 2.45) is 0 Å². The van der Waals surface area contributed by atoms with Crippen LogP contribution in [0.2, 0.25) is 0 Å². The first-order valence-corrected chi connectivity index (χ1v) is 5.16. The highest BCUT2D eigenvalue weighted by Gasteiger charge is 2.11. The van der Waals surface area contributed by atoms with Crippen LogP contribution in [0.1, 0.15) is 5.69 Å². The zero-order valence-electron chi connectivity index (χ0n) is 7.18. The molecule has 0 N–H and O–H groups in total. The van der Waals surface area contributed by atoms with Gasteiger partial charge in [-0.1, -0.05) is 5.16 Å². The summed E-state index contributed by atoms with van der Waals surface area (Å²) in [5.41, 5.74) is 0.313. The maximum atomic E-state index is 10.6. The Hall–Kier alpha value is -1.08. The van der Waals surface area contributed by atoms with Gasteiger partial charge in [0.15, 0.2) is 17.7 Å². The monoisotopic (exact) mass is 207 g/mol. The Balaban J connectivity index is 2.64. The minimum absolute atomic E-state index is 0.182. The van der Waals surface area contributed by atoms with E-state index in [0.29, 0.717) is 11.4 Å². The van der Waals surface area contributed by atoms with E-state index in [9.17, 15) is 8.42 Å². The maximum Gasteiger partial charge on any atom is 0.264 e. The molecule has 1 aromatic heterocycles. The van der Waals surface area contributed by atoms with Crippen molar-refractivity contribution in [3.05, 3.63) is 12.0 Å². The van der Waals surface area contributed by atoms with Crippen molar-refractivity contribution in [1.82, 2.24) is 5.16 Å². The van der Waals surface area contributed by atoms with Crippen LogP contribution in [0.15, 0.2) is 10.8 Å². The second-order valence-electron chi connectivity index (χ2n) is 2.30. The van der Waals surface area contributed by atoms with Crippen LogP contribution in [-0.4, -0.2) is 26.9 Å². The first kappa shape index (κ1) is 10.0. The number of hydrogen-bond acceptors (Lipinski definition) is 6. The predicted octanol–water partition coefficient (Wildman–Crippen LogP) is 0.159. The summed E-state index contributed by atoms with van der Waals surface area (Å²) in [4.78, 5) is 0. The molecule has 0 aliphatic carbocycles. The summed E-state index contributed by atoms with van der Waals surface area (Å²) in [5, 5.41) is 3.50. The summed E-state index contributed by atoms with van der Waals surface area (Å²) >= 11 is 0. The number of hydrogen-bond donors (Lipinski definition) is 0. The van der Waals surface area contributed by atoms with Crippen LogP contribution < -0.4 is 4.74 Å². The highest BCUT2D eigenvalue weighted by molar-refractivity contribution is 7.85. The molecular weight excluding hydrogens is 198 g/mol. The fourth-order valence-corrected chi connectivity index (χ4v) is 1.00. The van der Waals surface area contributed by atoms with Crippen molar-refractivity contribution >= 4 is 10.1 Å². The van der Waals surface area contributed by atoms with Gasteiger partial charge < -0.3 is 9.26 Å². The Morgan fingerprint density at radius 3 is 2.85 bits per heavy atom. The summed E-state index contributed by atoms with van der Waals surface area (Å²) in [7, 11) is -2.04. The third-order valence-corrected chi connectivity index (χ3v) is 1.78. The summed E-state index contributed by atoms with van der Waals surface area (Å²) in [6.45, 7) is -0.182. The lowest BCUT2D eigenvalue weighted by Gasteiger charge is -1.99. The SMILES string of the molecule is COc1conc1COS(C)(=O)=O. The van der Waals surface area contributed by atoms with E-state index in [4.69, 9.17) is 4.74 Å². The van der Waals surface area contributed by atoms with Gasteiger partial charge >= 0.3 is 0 Å². The normalized spacial score (nSPS) is 11.5. The molecule has 0 radical (unpaired) electrons. The largest absolute Gasteiger partial charge is 0.491 e. The first-order chi connectivity index (χ1) is 6.03. The number of nitrogens with zero attached hydrogens (tertiary/aromatic N) is 1. The van der Waals surface area contributed by atoms with E-state index >= 15 is 0 Å². The fraction of sp³-hybridized carbons (Fsp3) is 0.500. The van der Waals surface area contributed by atoms with Gasteiger partial charge in [-0.15, -0.1) is 0 Å². The predicted molar refractivity (Wildman–Crippen MR) is 42.7 cm³/mol. The molecule has 0 atom stereocenters. The van der Waals surface area contributed by atoms with E-state index in [1.807, 2.05) is 0 Å². The van der Waals surface area contributed by atoms with Gasteiger partial charge in [0.1, 0.15) is 6.61 Å². The maximum absolute atomic E-state index is 10.6. The molecule has 0 saturated carbocycles. The molecule has 0 saturated heterocycles. The van der Waals surface area contributed by atoms with Gasteiger partial charge in [-0.05, 0) is 0 Å². The van der Waals surface area contributed by atoms with E-state index in [1.54, 1.807) is 0 Å². The van der Waals surface area contributed by atoms with E-state index in [1.165, 1.54) is 13.4 Å². The summed E-state index contributed by atoms with van der Waals surface area (Å²) < 4.78 is 35.1. The molecule has 74 valence electrons. The van der Waals surface area contributed by atoms with Gasteiger partial charge in [0.2, 0.25) is 0 Å². The second kappa shape index (κ2) is 3.75. The van der Waals surface area contributed by atoms with E-state index in [2.05, 4.69) is 13.9 Å². The van der Waals surface area contributed by atoms with E-state index < -0.39 is 10.1 Å². The average molecular weight is 207 g/mol. The van der Waals surface area contributed by atoms with Crippen molar-refractivity contribution in [3.63, 3.8) is 0 Å². The Kier molecular flexibility index (Phi) is 2.89. The van der Waals surface area contributed by atoms with Crippen molar-refractivity contribution in [3.8, 4) is 5.75 Å². The smallest absolute Gasteiger partial charge is 0.264 e. The van der Waals surface area contributed by atoms with Crippen LogP contribution in [0.5, 0.6) is 5.75 Å². The number of methoxy groups -OCH3 is 1. The molecule has 0 amide bonds. The highest BCUT2D eigenvalue weighted by atomic mass is 32.2. The van der Waals surface area contributed by atoms with Gasteiger partial charge in [-0.25, -0.2) is 0 Å². The van der Waals surface area contributed by atoms with Crippen LogP contribution in [0.4, 0.5) is 0 Å². The van der Waals surface area contributed by atoms with Crippen molar-refractivity contribution in [2.75, 3.05) is 13.4 Å². The van der Waals surface area contributed by atoms with Crippen molar-refractivity contribution in [2.45, 2.75) is 6.61 Å². The molecule has 0 aliphatic heterocycles. The molecule has 6 nitrogen and oxygen atoms in total. The van der Waals surface area contributed by atoms with Gasteiger partial charge in [0.05, 0.1) is 13.4 Å². The van der Waals surface area contributed by atoms with Gasteiger partial charge in [0, 0.05) is 0 Å². The lowest BCUT2D eigenvalue weighted by Crippen LogP contribution is -2.03. The number of ether oxygens (including phenoxy) is 1. The molecule has 1 rings (SSSR count). The van der Waals surface area contributed by atoms with Gasteiger partial charge in [-0.3, -0.25) is 4.18 Å². The van der Waals surface area contributed by atoms with Crippen LogP contribution in [0.3, 0.4) is 0 Å². The molecule has 0 spiro atoms. The molecule has 1 aromatic rings. The Bertz CT molecular complexity index is 368. The topological polar surface area (TPSA) is 78.6 Å². The fourth-order valence-electron chi connectivity index (χ4n) is 0.677. The Morgan fingerprint density at radius 1 is 1.62 bits per heavy atom. The zero-order chi connectivity index (χ0) is 9.90. The van der Waals surface area contributed by atoms with Gasteiger partial charge in [-0.2, -0.15) is 8.42 Å². The highest BCUT2D eigenvalue weighted by Crippen LogP contribution is 2.16. The summed E-state index contributed by atoms with van der Waals surface area (Å²) in [6, 6.07) is 0. The van der Waals surface area contributed by atoms with Crippen LogP contribution in [0, 0.1) is 0 Å². The third-order valence-electron chi connectivity index (χ3n) is 1.24. The van der Waals surface area contributed by atoms with Crippen LogP contribution in [0.25, 0.3) is 0 Å². The standard InChI is InChI=1S/C6H9NO5S/c1-10-6-4-11-7-5(6)3-12-13(2,8)9/h4H,3H2,1-2H3. The molecule has 13 heavy (non-hydrogen) atoms. The van der Waals surface area contributed by atoms with E-state index in [-0.39, 0.29) is 6.61 Å². The second-order valence-corrected chi connectivity index (χ2v) is 3.94. The molecule has 0 bridgehead atoms. The lowest BCUT2D eigenvalue weighted by molar-refractivity contribution is 0.291. The third kappa shape index (κ3) is 3.03. The van der Waals surface area contributed by atoms with Crippen molar-refractivity contribution in [1.29, 1.82) is 0 Å². The quantitative estimate of drug-likeness (QED) is 0.654. The average Bonchev–Trinajstić information content (AvgIpc) is 2.46. The molecule has 0 fully saturated rings. The molecule has 1 heterocycles. The first-order valence-electron chi connectivity index (χ1n) is 3.34. The Morgan fingerprint density at radius 2 is 2.31 bits per heavy atom. The summed E-state index contributed by atoms with van der Waals surface area (Å²) in [5.74, 6) is 0.364. The van der Waals surface area contributed by atoms with Crippen LogP contribution >= 0.6 is 0 Å². The Labute approximate surface area is 75.6 Å². The van der Waals surface area contributed by atoms with E-state index in [0.717, 1.165) is 6.26 Å². The molecule has 0 aromatic carbocycles. The number of rotatable bonds is 4. The molecule has 7 heteroatoms.